The number of aliphatic carboxylic acids is 1. The Labute approximate surface area is 138 Å². The van der Waals surface area contributed by atoms with E-state index in [1.54, 1.807) is 30.3 Å². The molecule has 0 unspecified atom stereocenters. The number of ether oxygens (including phenoxy) is 2. The Kier molecular flexibility index (Phi) is 5.13. The van der Waals surface area contributed by atoms with Gasteiger partial charge in [-0.25, -0.2) is 4.79 Å². The van der Waals surface area contributed by atoms with Crippen molar-refractivity contribution in [3.8, 4) is 17.2 Å². The van der Waals surface area contributed by atoms with Crippen molar-refractivity contribution < 1.29 is 24.5 Å². The number of carboxylic acid groups (broad SMARTS) is 1. The summed E-state index contributed by atoms with van der Waals surface area (Å²) in [4.78, 5) is 11.7. The third-order valence-corrected chi connectivity index (χ3v) is 3.47. The average Bonchev–Trinajstić information content (AvgIpc) is 2.53. The van der Waals surface area contributed by atoms with Gasteiger partial charge in [-0.3, -0.25) is 0 Å². The van der Waals surface area contributed by atoms with Crippen molar-refractivity contribution in [2.24, 2.45) is 0 Å². The number of methoxy groups -OCH3 is 2. The van der Waals surface area contributed by atoms with Crippen LogP contribution in [-0.4, -0.2) is 30.4 Å². The molecule has 0 bridgehead atoms. The summed E-state index contributed by atoms with van der Waals surface area (Å²) in [6.45, 7) is 0. The zero-order valence-electron chi connectivity index (χ0n) is 12.5. The van der Waals surface area contributed by atoms with Crippen LogP contribution in [0.25, 0.3) is 11.6 Å². The molecule has 120 valence electrons. The standard InChI is InChI=1S/C17H15ClO5/c1-22-14-7-6-11(18)9-12(14)13(17(20)21)8-10-4-3-5-15(23-2)16(10)19/h3-9,19H,1-2H3,(H,20,21)/b13-8-. The van der Waals surface area contributed by atoms with E-state index in [1.807, 2.05) is 0 Å². The van der Waals surface area contributed by atoms with Crippen LogP contribution in [0, 0.1) is 0 Å². The first-order chi connectivity index (χ1) is 11.0. The molecule has 0 saturated heterocycles. The highest BCUT2D eigenvalue weighted by molar-refractivity contribution is 6.31. The SMILES string of the molecule is COc1ccc(Cl)cc1/C(=C/c1cccc(OC)c1O)C(=O)O. The first kappa shape index (κ1) is 16.7. The molecule has 5 nitrogen and oxygen atoms in total. The number of carboxylic acids is 1. The Balaban J connectivity index is 2.65. The molecule has 0 aliphatic carbocycles. The first-order valence-electron chi connectivity index (χ1n) is 6.62. The van der Waals surface area contributed by atoms with Crippen LogP contribution in [0.1, 0.15) is 11.1 Å². The van der Waals surface area contributed by atoms with E-state index in [2.05, 4.69) is 0 Å². The van der Waals surface area contributed by atoms with Crippen molar-refractivity contribution in [3.63, 3.8) is 0 Å². The topological polar surface area (TPSA) is 76.0 Å². The number of rotatable bonds is 5. The lowest BCUT2D eigenvalue weighted by Gasteiger charge is -2.11. The van der Waals surface area contributed by atoms with E-state index in [9.17, 15) is 15.0 Å². The van der Waals surface area contributed by atoms with E-state index in [0.29, 0.717) is 21.9 Å². The minimum absolute atomic E-state index is 0.0621. The molecular weight excluding hydrogens is 320 g/mol. The van der Waals surface area contributed by atoms with Crippen LogP contribution in [0.5, 0.6) is 17.2 Å². The molecule has 2 rings (SSSR count). The van der Waals surface area contributed by atoms with Gasteiger partial charge in [-0.1, -0.05) is 23.7 Å². The normalized spacial score (nSPS) is 11.2. The van der Waals surface area contributed by atoms with Crippen molar-refractivity contribution in [1.82, 2.24) is 0 Å². The average molecular weight is 335 g/mol. The molecule has 0 spiro atoms. The predicted octanol–water partition coefficient (Wildman–Crippen LogP) is 3.69. The molecule has 23 heavy (non-hydrogen) atoms. The van der Waals surface area contributed by atoms with E-state index in [1.165, 1.54) is 26.4 Å². The van der Waals surface area contributed by atoms with Crippen LogP contribution < -0.4 is 9.47 Å². The maximum atomic E-state index is 11.7. The van der Waals surface area contributed by atoms with Gasteiger partial charge in [0.2, 0.25) is 0 Å². The minimum Gasteiger partial charge on any atom is -0.504 e. The fraction of sp³-hybridized carbons (Fsp3) is 0.118. The quantitative estimate of drug-likeness (QED) is 0.644. The summed E-state index contributed by atoms with van der Waals surface area (Å²) in [5.41, 5.74) is 0.561. The molecule has 0 radical (unpaired) electrons. The predicted molar refractivity (Wildman–Crippen MR) is 88.2 cm³/mol. The second-order valence-corrected chi connectivity index (χ2v) is 5.04. The lowest BCUT2D eigenvalue weighted by Crippen LogP contribution is -2.02. The number of benzene rings is 2. The lowest BCUT2D eigenvalue weighted by molar-refractivity contribution is -0.130. The summed E-state index contributed by atoms with van der Waals surface area (Å²) >= 11 is 5.96. The van der Waals surface area contributed by atoms with Gasteiger partial charge in [0.15, 0.2) is 11.5 Å². The van der Waals surface area contributed by atoms with Crippen molar-refractivity contribution in [2.75, 3.05) is 14.2 Å². The van der Waals surface area contributed by atoms with E-state index < -0.39 is 5.97 Å². The molecule has 0 atom stereocenters. The van der Waals surface area contributed by atoms with Gasteiger partial charge in [-0.05, 0) is 30.3 Å². The number of phenols is 1. The molecular formula is C17H15ClO5. The van der Waals surface area contributed by atoms with Gasteiger partial charge in [0.05, 0.1) is 19.8 Å². The van der Waals surface area contributed by atoms with Gasteiger partial charge in [-0.15, -0.1) is 0 Å². The largest absolute Gasteiger partial charge is 0.504 e. The third-order valence-electron chi connectivity index (χ3n) is 3.23. The molecule has 0 aliphatic heterocycles. The Bertz CT molecular complexity index is 768. The summed E-state index contributed by atoms with van der Waals surface area (Å²) in [6, 6.07) is 9.49. The molecule has 0 aromatic heterocycles. The van der Waals surface area contributed by atoms with Crippen molar-refractivity contribution >= 4 is 29.2 Å². The van der Waals surface area contributed by atoms with Gasteiger partial charge < -0.3 is 19.7 Å². The molecule has 0 fully saturated rings. The smallest absolute Gasteiger partial charge is 0.336 e. The number of para-hydroxylation sites is 1. The van der Waals surface area contributed by atoms with E-state index in [0.717, 1.165) is 0 Å². The first-order valence-corrected chi connectivity index (χ1v) is 7.00. The summed E-state index contributed by atoms with van der Waals surface area (Å²) < 4.78 is 10.2. The van der Waals surface area contributed by atoms with Crippen molar-refractivity contribution in [3.05, 3.63) is 52.5 Å². The number of aromatic hydroxyl groups is 1. The summed E-state index contributed by atoms with van der Waals surface area (Å²) in [6.07, 6.45) is 1.34. The zero-order valence-corrected chi connectivity index (χ0v) is 13.3. The van der Waals surface area contributed by atoms with Crippen LogP contribution in [0.3, 0.4) is 0 Å². The van der Waals surface area contributed by atoms with Gasteiger partial charge in [0.1, 0.15) is 5.75 Å². The summed E-state index contributed by atoms with van der Waals surface area (Å²) in [7, 11) is 2.86. The summed E-state index contributed by atoms with van der Waals surface area (Å²) in [5, 5.41) is 20.0. The van der Waals surface area contributed by atoms with Gasteiger partial charge in [0.25, 0.3) is 0 Å². The van der Waals surface area contributed by atoms with Crippen LogP contribution in [0.2, 0.25) is 5.02 Å². The molecule has 2 aromatic rings. The Morgan fingerprint density at radius 1 is 1.13 bits per heavy atom. The fourth-order valence-corrected chi connectivity index (χ4v) is 2.29. The van der Waals surface area contributed by atoms with Crippen LogP contribution in [0.15, 0.2) is 36.4 Å². The second-order valence-electron chi connectivity index (χ2n) is 4.61. The maximum Gasteiger partial charge on any atom is 0.336 e. The highest BCUT2D eigenvalue weighted by Crippen LogP contribution is 2.35. The molecule has 2 N–H and O–H groups in total. The molecule has 2 aromatic carbocycles. The van der Waals surface area contributed by atoms with E-state index in [-0.39, 0.29) is 17.1 Å². The van der Waals surface area contributed by atoms with E-state index in [4.69, 9.17) is 21.1 Å². The van der Waals surface area contributed by atoms with Gasteiger partial charge in [-0.2, -0.15) is 0 Å². The molecule has 0 amide bonds. The summed E-state index contributed by atoms with van der Waals surface area (Å²) in [5.74, 6) is -0.700. The van der Waals surface area contributed by atoms with Gasteiger partial charge >= 0.3 is 5.97 Å². The Hall–Kier alpha value is -2.66. The fourth-order valence-electron chi connectivity index (χ4n) is 2.12. The maximum absolute atomic E-state index is 11.7. The third kappa shape index (κ3) is 3.57. The molecule has 0 heterocycles. The number of hydrogen-bond acceptors (Lipinski definition) is 4. The number of carbonyl (C=O) groups is 1. The highest BCUT2D eigenvalue weighted by Gasteiger charge is 2.17. The monoisotopic (exact) mass is 334 g/mol. The van der Waals surface area contributed by atoms with Crippen LogP contribution >= 0.6 is 11.6 Å². The number of halogens is 1. The van der Waals surface area contributed by atoms with Crippen LogP contribution in [-0.2, 0) is 4.79 Å². The van der Waals surface area contributed by atoms with Crippen molar-refractivity contribution in [1.29, 1.82) is 0 Å². The second kappa shape index (κ2) is 7.07. The number of hydrogen-bond donors (Lipinski definition) is 2. The number of phenolic OH excluding ortho intramolecular Hbond substituents is 1. The lowest BCUT2D eigenvalue weighted by atomic mass is 10.0. The van der Waals surface area contributed by atoms with E-state index >= 15 is 0 Å². The van der Waals surface area contributed by atoms with Crippen molar-refractivity contribution in [2.45, 2.75) is 0 Å². The Morgan fingerprint density at radius 2 is 1.83 bits per heavy atom. The Morgan fingerprint density at radius 3 is 2.43 bits per heavy atom. The molecule has 0 saturated carbocycles. The minimum atomic E-state index is -1.17. The molecule has 6 heteroatoms. The van der Waals surface area contributed by atoms with Gasteiger partial charge in [0, 0.05) is 16.1 Å². The van der Waals surface area contributed by atoms with Crippen LogP contribution in [0.4, 0.5) is 0 Å². The highest BCUT2D eigenvalue weighted by atomic mass is 35.5. The zero-order chi connectivity index (χ0) is 17.0. The molecule has 0 aliphatic rings.